The number of fused-ring (bicyclic) bond motifs is 1. The number of piperazine rings is 1. The highest BCUT2D eigenvalue weighted by atomic mass is 32.2. The van der Waals surface area contributed by atoms with Gasteiger partial charge in [0.2, 0.25) is 21.7 Å². The molecule has 2 aliphatic rings. The van der Waals surface area contributed by atoms with Crippen LogP contribution in [0.4, 0.5) is 0 Å². The van der Waals surface area contributed by atoms with Crippen LogP contribution in [0.15, 0.2) is 51.9 Å². The van der Waals surface area contributed by atoms with Crippen LogP contribution in [0.1, 0.15) is 35.7 Å². The molecule has 35 heavy (non-hydrogen) atoms. The van der Waals surface area contributed by atoms with Gasteiger partial charge in [0.1, 0.15) is 11.5 Å². The number of sulfonamides is 1. The van der Waals surface area contributed by atoms with E-state index in [0.29, 0.717) is 55.1 Å². The third-order valence-electron chi connectivity index (χ3n) is 6.59. The second-order valence-electron chi connectivity index (χ2n) is 8.89. The number of nitrogens with zero attached hydrogens (tertiary/aromatic N) is 4. The van der Waals surface area contributed by atoms with Crippen LogP contribution in [-0.4, -0.2) is 61.1 Å². The number of hydrogen-bond acceptors (Lipinski definition) is 8. The Balaban J connectivity index is 1.13. The van der Waals surface area contributed by atoms with E-state index in [1.165, 1.54) is 17.5 Å². The summed E-state index contributed by atoms with van der Waals surface area (Å²) in [6, 6.07) is 12.9. The third-order valence-corrected chi connectivity index (χ3v) is 8.48. The van der Waals surface area contributed by atoms with Gasteiger partial charge in [0.15, 0.2) is 6.61 Å². The normalized spacial score (nSPS) is 17.2. The van der Waals surface area contributed by atoms with Crippen LogP contribution in [0.5, 0.6) is 11.5 Å². The van der Waals surface area contributed by atoms with Crippen LogP contribution in [0, 0.1) is 0 Å². The maximum atomic E-state index is 13.2. The molecular formula is C25H30N4O5S. The van der Waals surface area contributed by atoms with E-state index in [2.05, 4.69) is 15.0 Å². The van der Waals surface area contributed by atoms with Gasteiger partial charge in [-0.3, -0.25) is 4.90 Å². The summed E-state index contributed by atoms with van der Waals surface area (Å²) >= 11 is 0. The molecule has 0 N–H and O–H groups in total. The highest BCUT2D eigenvalue weighted by molar-refractivity contribution is 7.89. The molecular weight excluding hydrogens is 468 g/mol. The van der Waals surface area contributed by atoms with Crippen molar-refractivity contribution >= 4 is 10.0 Å². The predicted molar refractivity (Wildman–Crippen MR) is 129 cm³/mol. The number of benzene rings is 2. The molecule has 1 saturated heterocycles. The molecule has 1 aliphatic carbocycles. The Bertz CT molecular complexity index is 1250. The largest absolute Gasteiger partial charge is 0.497 e. The molecule has 10 heteroatoms. The lowest BCUT2D eigenvalue weighted by molar-refractivity contribution is 0.163. The second-order valence-corrected chi connectivity index (χ2v) is 10.8. The fraction of sp³-hybridized carbons (Fsp3) is 0.440. The quantitative estimate of drug-likeness (QED) is 0.468. The van der Waals surface area contributed by atoms with E-state index in [9.17, 15) is 8.42 Å². The van der Waals surface area contributed by atoms with Gasteiger partial charge in [0.25, 0.3) is 0 Å². The Kier molecular flexibility index (Phi) is 7.03. The Morgan fingerprint density at radius 1 is 0.943 bits per heavy atom. The Morgan fingerprint density at radius 2 is 1.66 bits per heavy atom. The van der Waals surface area contributed by atoms with Crippen molar-refractivity contribution in [2.45, 2.75) is 43.7 Å². The summed E-state index contributed by atoms with van der Waals surface area (Å²) in [7, 11) is -1.88. The Labute approximate surface area is 205 Å². The summed E-state index contributed by atoms with van der Waals surface area (Å²) in [4.78, 5) is 6.94. The molecule has 0 unspecified atom stereocenters. The molecule has 2 aromatic carbocycles. The molecule has 0 amide bonds. The molecule has 0 bridgehead atoms. The van der Waals surface area contributed by atoms with Crippen LogP contribution >= 0.6 is 0 Å². The van der Waals surface area contributed by atoms with Crippen molar-refractivity contribution in [1.29, 1.82) is 0 Å². The first-order valence-corrected chi connectivity index (χ1v) is 13.4. The topological polar surface area (TPSA) is 98.0 Å². The molecule has 1 aromatic heterocycles. The van der Waals surface area contributed by atoms with Crippen molar-refractivity contribution in [1.82, 2.24) is 19.3 Å². The molecule has 186 valence electrons. The number of methoxy groups -OCH3 is 1. The monoisotopic (exact) mass is 498 g/mol. The van der Waals surface area contributed by atoms with Crippen LogP contribution in [0.2, 0.25) is 0 Å². The third kappa shape index (κ3) is 5.50. The SMILES string of the molecule is COc1ccc(OCc2noc(CN3CCN(S(=O)(=O)c4ccc5c(c4)CCCC5)CC3)n2)cc1. The average Bonchev–Trinajstić information content (AvgIpc) is 3.35. The Hall–Kier alpha value is -2.95. The standard InChI is InChI=1S/C25H30N4O5S/c1-32-21-7-9-22(10-8-21)33-18-24-26-25(34-27-24)17-28-12-14-29(15-13-28)35(30,31)23-11-6-19-4-2-3-5-20(19)16-23/h6-11,16H,2-5,12-15,17-18H2,1H3. The number of aryl methyl sites for hydroxylation is 2. The molecule has 9 nitrogen and oxygen atoms in total. The fourth-order valence-corrected chi connectivity index (χ4v) is 6.04. The van der Waals surface area contributed by atoms with Crippen molar-refractivity contribution in [2.24, 2.45) is 0 Å². The Morgan fingerprint density at radius 3 is 2.40 bits per heavy atom. The van der Waals surface area contributed by atoms with E-state index in [0.717, 1.165) is 25.0 Å². The van der Waals surface area contributed by atoms with Gasteiger partial charge >= 0.3 is 0 Å². The van der Waals surface area contributed by atoms with Gasteiger partial charge in [0, 0.05) is 26.2 Å². The maximum Gasteiger partial charge on any atom is 0.243 e. The van der Waals surface area contributed by atoms with Crippen LogP contribution < -0.4 is 9.47 Å². The minimum Gasteiger partial charge on any atom is -0.497 e. The minimum atomic E-state index is -3.50. The zero-order valence-electron chi connectivity index (χ0n) is 19.9. The zero-order chi connectivity index (χ0) is 24.3. The molecule has 0 spiro atoms. The lowest BCUT2D eigenvalue weighted by Gasteiger charge is -2.33. The van der Waals surface area contributed by atoms with E-state index < -0.39 is 10.0 Å². The minimum absolute atomic E-state index is 0.197. The van der Waals surface area contributed by atoms with Crippen molar-refractivity contribution in [3.05, 3.63) is 65.3 Å². The van der Waals surface area contributed by atoms with E-state index >= 15 is 0 Å². The second kappa shape index (κ2) is 10.3. The highest BCUT2D eigenvalue weighted by Crippen LogP contribution is 2.26. The summed E-state index contributed by atoms with van der Waals surface area (Å²) < 4.78 is 44.2. The van der Waals surface area contributed by atoms with Crippen LogP contribution in [0.3, 0.4) is 0 Å². The summed E-state index contributed by atoms with van der Waals surface area (Å²) in [5.41, 5.74) is 2.47. The average molecular weight is 499 g/mol. The summed E-state index contributed by atoms with van der Waals surface area (Å²) in [5, 5.41) is 3.99. The number of rotatable bonds is 8. The predicted octanol–water partition coefficient (Wildman–Crippen LogP) is 3.04. The van der Waals surface area contributed by atoms with E-state index in [4.69, 9.17) is 14.0 Å². The molecule has 5 rings (SSSR count). The lowest BCUT2D eigenvalue weighted by atomic mass is 9.92. The van der Waals surface area contributed by atoms with Gasteiger partial charge in [-0.2, -0.15) is 9.29 Å². The number of aromatic nitrogens is 2. The van der Waals surface area contributed by atoms with Gasteiger partial charge in [0.05, 0.1) is 18.6 Å². The first kappa shape index (κ1) is 23.8. The van der Waals surface area contributed by atoms with Crippen molar-refractivity contribution in [3.63, 3.8) is 0 Å². The maximum absolute atomic E-state index is 13.2. The molecule has 1 fully saturated rings. The molecule has 1 aliphatic heterocycles. The van der Waals surface area contributed by atoms with E-state index in [1.807, 2.05) is 36.4 Å². The van der Waals surface area contributed by atoms with Crippen LogP contribution in [0.25, 0.3) is 0 Å². The molecule has 0 saturated carbocycles. The van der Waals surface area contributed by atoms with E-state index in [-0.39, 0.29) is 6.61 Å². The van der Waals surface area contributed by atoms with Gasteiger partial charge in [-0.05, 0) is 73.2 Å². The summed E-state index contributed by atoms with van der Waals surface area (Å²) in [5.74, 6) is 2.40. The van der Waals surface area contributed by atoms with Gasteiger partial charge < -0.3 is 14.0 Å². The first-order chi connectivity index (χ1) is 17.0. The van der Waals surface area contributed by atoms with E-state index in [1.54, 1.807) is 17.5 Å². The van der Waals surface area contributed by atoms with Gasteiger partial charge in [-0.25, -0.2) is 8.42 Å². The smallest absolute Gasteiger partial charge is 0.243 e. The highest BCUT2D eigenvalue weighted by Gasteiger charge is 2.29. The van der Waals surface area contributed by atoms with Crippen LogP contribution in [-0.2, 0) is 36.0 Å². The number of ether oxygens (including phenoxy) is 2. The van der Waals surface area contributed by atoms with Crippen molar-refractivity contribution < 1.29 is 22.4 Å². The van der Waals surface area contributed by atoms with Crippen molar-refractivity contribution in [2.75, 3.05) is 33.3 Å². The van der Waals surface area contributed by atoms with Crippen molar-refractivity contribution in [3.8, 4) is 11.5 Å². The molecule has 3 aromatic rings. The van der Waals surface area contributed by atoms with Gasteiger partial charge in [-0.15, -0.1) is 0 Å². The summed E-state index contributed by atoms with van der Waals surface area (Å²) in [6.07, 6.45) is 4.31. The first-order valence-electron chi connectivity index (χ1n) is 11.9. The fourth-order valence-electron chi connectivity index (χ4n) is 4.57. The molecule has 0 atom stereocenters. The molecule has 2 heterocycles. The van der Waals surface area contributed by atoms with Gasteiger partial charge in [-0.1, -0.05) is 11.2 Å². The molecule has 0 radical (unpaired) electrons. The number of hydrogen-bond donors (Lipinski definition) is 0. The zero-order valence-corrected chi connectivity index (χ0v) is 20.7. The lowest BCUT2D eigenvalue weighted by Crippen LogP contribution is -2.48. The summed E-state index contributed by atoms with van der Waals surface area (Å²) in [6.45, 7) is 2.74.